The minimum absolute atomic E-state index is 0.0252. The molecular formula is C19H20N2O2S. The van der Waals surface area contributed by atoms with Gasteiger partial charge in [0.2, 0.25) is 0 Å². The van der Waals surface area contributed by atoms with Crippen LogP contribution < -0.4 is 4.90 Å². The lowest BCUT2D eigenvalue weighted by atomic mass is 10.2. The molecule has 4 nitrogen and oxygen atoms in total. The standard InChI is InChI=1S/C19H20N2O2S/c1-13-11-20(12-14(2)23-13)19(22)21-15-7-3-5-9-17(15)24-18-10-6-4-8-16(18)21/h3-10,13-14H,11-12H2,1-2H3/t13-,14-/m1/s1. The first-order chi connectivity index (χ1) is 11.6. The molecule has 0 aliphatic carbocycles. The molecule has 2 atom stereocenters. The van der Waals surface area contributed by atoms with Crippen LogP contribution in [0.3, 0.4) is 0 Å². The van der Waals surface area contributed by atoms with Gasteiger partial charge in [0.1, 0.15) is 0 Å². The minimum atomic E-state index is 0.0252. The molecule has 2 aromatic carbocycles. The quantitative estimate of drug-likeness (QED) is 0.707. The summed E-state index contributed by atoms with van der Waals surface area (Å²) in [6, 6.07) is 16.2. The maximum atomic E-state index is 13.4. The Balaban J connectivity index is 1.75. The fraction of sp³-hybridized carbons (Fsp3) is 0.316. The largest absolute Gasteiger partial charge is 0.372 e. The van der Waals surface area contributed by atoms with Crippen LogP contribution in [0, 0.1) is 0 Å². The number of amides is 2. The molecule has 24 heavy (non-hydrogen) atoms. The summed E-state index contributed by atoms with van der Waals surface area (Å²) in [4.78, 5) is 19.3. The number of nitrogens with zero attached hydrogens (tertiary/aromatic N) is 2. The van der Waals surface area contributed by atoms with E-state index >= 15 is 0 Å². The van der Waals surface area contributed by atoms with Gasteiger partial charge >= 0.3 is 6.03 Å². The number of hydrogen-bond acceptors (Lipinski definition) is 3. The van der Waals surface area contributed by atoms with Crippen LogP contribution in [0.5, 0.6) is 0 Å². The average molecular weight is 340 g/mol. The molecule has 2 aliphatic heterocycles. The Kier molecular flexibility index (Phi) is 3.98. The number of rotatable bonds is 0. The number of urea groups is 1. The number of ether oxygens (including phenoxy) is 1. The van der Waals surface area contributed by atoms with Crippen LogP contribution in [0.25, 0.3) is 0 Å². The molecule has 5 heteroatoms. The SMILES string of the molecule is C[C@@H]1CN(C(=O)N2c3ccccc3Sc3ccccc32)C[C@@H](C)O1. The summed E-state index contributed by atoms with van der Waals surface area (Å²) in [7, 11) is 0. The number of hydrogen-bond donors (Lipinski definition) is 0. The Morgan fingerprint density at radius 1 is 0.958 bits per heavy atom. The molecular weight excluding hydrogens is 320 g/mol. The lowest BCUT2D eigenvalue weighted by molar-refractivity contribution is -0.0535. The second kappa shape index (κ2) is 6.15. The van der Waals surface area contributed by atoms with Crippen molar-refractivity contribution in [3.05, 3.63) is 48.5 Å². The third-order valence-electron chi connectivity index (χ3n) is 4.31. The van der Waals surface area contributed by atoms with Gasteiger partial charge in [-0.3, -0.25) is 4.90 Å². The summed E-state index contributed by atoms with van der Waals surface area (Å²) in [5.41, 5.74) is 1.91. The first kappa shape index (κ1) is 15.5. The van der Waals surface area contributed by atoms with E-state index in [4.69, 9.17) is 4.74 Å². The van der Waals surface area contributed by atoms with E-state index in [1.807, 2.05) is 60.0 Å². The topological polar surface area (TPSA) is 32.8 Å². The molecule has 0 unspecified atom stereocenters. The molecule has 0 bridgehead atoms. The molecule has 2 aliphatic rings. The highest BCUT2D eigenvalue weighted by atomic mass is 32.2. The van der Waals surface area contributed by atoms with Crippen molar-refractivity contribution in [3.63, 3.8) is 0 Å². The van der Waals surface area contributed by atoms with Gasteiger partial charge < -0.3 is 9.64 Å². The van der Waals surface area contributed by atoms with Crippen LogP contribution in [-0.4, -0.2) is 36.2 Å². The van der Waals surface area contributed by atoms with Gasteiger partial charge in [-0.1, -0.05) is 36.0 Å². The first-order valence-corrected chi connectivity index (χ1v) is 9.05. The number of carbonyl (C=O) groups excluding carboxylic acids is 1. The Labute approximate surface area is 146 Å². The number of para-hydroxylation sites is 2. The molecule has 2 amide bonds. The number of benzene rings is 2. The van der Waals surface area contributed by atoms with Crippen molar-refractivity contribution in [1.29, 1.82) is 0 Å². The van der Waals surface area contributed by atoms with Gasteiger partial charge in [0, 0.05) is 22.9 Å². The highest BCUT2D eigenvalue weighted by molar-refractivity contribution is 7.99. The lowest BCUT2D eigenvalue weighted by Crippen LogP contribution is -2.52. The van der Waals surface area contributed by atoms with Gasteiger partial charge in [0.15, 0.2) is 0 Å². The number of anilines is 2. The van der Waals surface area contributed by atoms with E-state index in [9.17, 15) is 4.79 Å². The Morgan fingerprint density at radius 2 is 1.46 bits per heavy atom. The summed E-state index contributed by atoms with van der Waals surface area (Å²) < 4.78 is 5.78. The predicted molar refractivity (Wildman–Crippen MR) is 96.1 cm³/mol. The van der Waals surface area contributed by atoms with Crippen molar-refractivity contribution < 1.29 is 9.53 Å². The second-order valence-electron chi connectivity index (χ2n) is 6.32. The van der Waals surface area contributed by atoms with Crippen LogP contribution in [0.4, 0.5) is 16.2 Å². The van der Waals surface area contributed by atoms with Crippen LogP contribution in [0.1, 0.15) is 13.8 Å². The molecule has 0 N–H and O–H groups in total. The van der Waals surface area contributed by atoms with E-state index in [1.165, 1.54) is 0 Å². The van der Waals surface area contributed by atoms with Crippen molar-refractivity contribution in [3.8, 4) is 0 Å². The average Bonchev–Trinajstić information content (AvgIpc) is 2.58. The summed E-state index contributed by atoms with van der Waals surface area (Å²) in [6.45, 7) is 5.28. The van der Waals surface area contributed by atoms with Crippen molar-refractivity contribution in [2.75, 3.05) is 18.0 Å². The smallest absolute Gasteiger partial charge is 0.329 e. The fourth-order valence-electron chi connectivity index (χ4n) is 3.39. The molecule has 4 rings (SSSR count). The van der Waals surface area contributed by atoms with Crippen molar-refractivity contribution in [2.45, 2.75) is 35.8 Å². The molecule has 124 valence electrons. The zero-order valence-electron chi connectivity index (χ0n) is 13.8. The third kappa shape index (κ3) is 2.68. The van der Waals surface area contributed by atoms with Gasteiger partial charge in [-0.05, 0) is 38.1 Å². The summed E-state index contributed by atoms with van der Waals surface area (Å²) in [6.07, 6.45) is 0.115. The highest BCUT2D eigenvalue weighted by Gasteiger charge is 2.34. The Bertz CT molecular complexity index is 724. The Morgan fingerprint density at radius 3 is 2.00 bits per heavy atom. The monoisotopic (exact) mass is 340 g/mol. The molecule has 0 spiro atoms. The highest BCUT2D eigenvalue weighted by Crippen LogP contribution is 2.48. The van der Waals surface area contributed by atoms with Crippen LogP contribution in [-0.2, 0) is 4.74 Å². The van der Waals surface area contributed by atoms with Crippen molar-refractivity contribution >= 4 is 29.2 Å². The van der Waals surface area contributed by atoms with E-state index in [1.54, 1.807) is 11.8 Å². The molecule has 0 aromatic heterocycles. The van der Waals surface area contributed by atoms with Gasteiger partial charge in [-0.25, -0.2) is 4.79 Å². The molecule has 1 saturated heterocycles. The maximum absolute atomic E-state index is 13.4. The Hall–Kier alpha value is -1.98. The van der Waals surface area contributed by atoms with E-state index in [0.29, 0.717) is 13.1 Å². The van der Waals surface area contributed by atoms with Gasteiger partial charge in [-0.15, -0.1) is 0 Å². The van der Waals surface area contributed by atoms with E-state index in [-0.39, 0.29) is 18.2 Å². The number of morpholine rings is 1. The normalized spacial score (nSPS) is 22.8. The summed E-state index contributed by atoms with van der Waals surface area (Å²) in [5, 5.41) is 0. The van der Waals surface area contributed by atoms with Gasteiger partial charge in [0.25, 0.3) is 0 Å². The van der Waals surface area contributed by atoms with E-state index < -0.39 is 0 Å². The van der Waals surface area contributed by atoms with Crippen LogP contribution in [0.2, 0.25) is 0 Å². The molecule has 2 aromatic rings. The van der Waals surface area contributed by atoms with E-state index in [0.717, 1.165) is 21.2 Å². The second-order valence-corrected chi connectivity index (χ2v) is 7.40. The lowest BCUT2D eigenvalue weighted by Gasteiger charge is -2.40. The summed E-state index contributed by atoms with van der Waals surface area (Å²) >= 11 is 1.71. The first-order valence-electron chi connectivity index (χ1n) is 8.24. The summed E-state index contributed by atoms with van der Waals surface area (Å²) in [5.74, 6) is 0. The van der Waals surface area contributed by atoms with E-state index in [2.05, 4.69) is 12.1 Å². The van der Waals surface area contributed by atoms with Crippen LogP contribution >= 0.6 is 11.8 Å². The molecule has 0 radical (unpaired) electrons. The van der Waals surface area contributed by atoms with Crippen molar-refractivity contribution in [1.82, 2.24) is 4.90 Å². The fourth-order valence-corrected chi connectivity index (χ4v) is 4.44. The predicted octanol–water partition coefficient (Wildman–Crippen LogP) is 4.52. The zero-order valence-corrected chi connectivity index (χ0v) is 14.6. The number of carbonyl (C=O) groups is 1. The van der Waals surface area contributed by atoms with Gasteiger partial charge in [-0.2, -0.15) is 0 Å². The van der Waals surface area contributed by atoms with Gasteiger partial charge in [0.05, 0.1) is 23.6 Å². The zero-order chi connectivity index (χ0) is 16.7. The minimum Gasteiger partial charge on any atom is -0.372 e. The third-order valence-corrected chi connectivity index (χ3v) is 5.44. The number of fused-ring (bicyclic) bond motifs is 2. The molecule has 1 fully saturated rings. The molecule has 0 saturated carbocycles. The molecule has 2 heterocycles. The maximum Gasteiger partial charge on any atom is 0.329 e. The van der Waals surface area contributed by atoms with Crippen LogP contribution in [0.15, 0.2) is 58.3 Å². The van der Waals surface area contributed by atoms with Crippen molar-refractivity contribution in [2.24, 2.45) is 0 Å².